The number of pyridine rings is 1. The van der Waals surface area contributed by atoms with Crippen LogP contribution in [0.5, 0.6) is 0 Å². The molecule has 0 aliphatic heterocycles. The van der Waals surface area contributed by atoms with Crippen molar-refractivity contribution in [3.8, 4) is 0 Å². The number of imidazole rings is 1. The van der Waals surface area contributed by atoms with Crippen molar-refractivity contribution in [2.45, 2.75) is 30.7 Å². The summed E-state index contributed by atoms with van der Waals surface area (Å²) in [6, 6.07) is 5.27. The maximum Gasteiger partial charge on any atom is 0.260 e. The van der Waals surface area contributed by atoms with Crippen molar-refractivity contribution < 1.29 is 8.42 Å². The molecule has 20 heavy (non-hydrogen) atoms. The number of sulfonamides is 1. The second-order valence-electron chi connectivity index (χ2n) is 5.21. The van der Waals surface area contributed by atoms with Crippen LogP contribution in [0.15, 0.2) is 29.4 Å². The van der Waals surface area contributed by atoms with E-state index in [1.807, 2.05) is 0 Å². The maximum atomic E-state index is 12.3. The lowest BCUT2D eigenvalue weighted by molar-refractivity contribution is 0.568. The van der Waals surface area contributed by atoms with E-state index in [1.54, 1.807) is 24.4 Å². The molecule has 3 rings (SSSR count). The highest BCUT2D eigenvalue weighted by molar-refractivity contribution is 7.89. The Morgan fingerprint density at radius 2 is 2.20 bits per heavy atom. The zero-order valence-electron chi connectivity index (χ0n) is 11.1. The van der Waals surface area contributed by atoms with Gasteiger partial charge in [-0.3, -0.25) is 4.40 Å². The molecule has 0 spiro atoms. The molecule has 0 saturated heterocycles. The molecule has 6 nitrogen and oxygen atoms in total. The van der Waals surface area contributed by atoms with Crippen molar-refractivity contribution in [1.82, 2.24) is 14.1 Å². The number of nitrogens with two attached hydrogens (primary N) is 1. The molecule has 7 heteroatoms. The van der Waals surface area contributed by atoms with E-state index in [0.717, 1.165) is 18.8 Å². The van der Waals surface area contributed by atoms with Crippen molar-refractivity contribution in [2.75, 3.05) is 12.3 Å². The zero-order valence-corrected chi connectivity index (χ0v) is 11.9. The monoisotopic (exact) mass is 294 g/mol. The van der Waals surface area contributed by atoms with Gasteiger partial charge in [-0.15, -0.1) is 0 Å². The van der Waals surface area contributed by atoms with Crippen LogP contribution in [0.1, 0.15) is 25.7 Å². The number of hydrogen-bond donors (Lipinski definition) is 2. The maximum absolute atomic E-state index is 12.3. The van der Waals surface area contributed by atoms with Gasteiger partial charge in [-0.25, -0.2) is 18.1 Å². The van der Waals surface area contributed by atoms with Gasteiger partial charge in [0.2, 0.25) is 0 Å². The summed E-state index contributed by atoms with van der Waals surface area (Å²) in [6.45, 7) is 0.443. The van der Waals surface area contributed by atoms with E-state index >= 15 is 0 Å². The molecule has 0 unspecified atom stereocenters. The van der Waals surface area contributed by atoms with Gasteiger partial charge in [-0.2, -0.15) is 0 Å². The highest BCUT2D eigenvalue weighted by Gasteiger charge is 2.24. The van der Waals surface area contributed by atoms with Crippen LogP contribution in [-0.4, -0.2) is 24.3 Å². The van der Waals surface area contributed by atoms with E-state index in [9.17, 15) is 8.42 Å². The smallest absolute Gasteiger partial charge is 0.260 e. The standard InChI is InChI=1S/C13H18N4O2S/c14-12-13(17-9-2-1-5-11(17)16-12)20(18,19)15-8-3-4-10-6-7-10/h1-2,5,9-10,15H,3-4,6-8,14H2. The van der Waals surface area contributed by atoms with Crippen LogP contribution < -0.4 is 10.5 Å². The molecule has 3 N–H and O–H groups in total. The fourth-order valence-electron chi connectivity index (χ4n) is 2.33. The number of nitrogens with zero attached hydrogens (tertiary/aromatic N) is 2. The molecular weight excluding hydrogens is 276 g/mol. The Morgan fingerprint density at radius 1 is 1.40 bits per heavy atom. The van der Waals surface area contributed by atoms with Crippen molar-refractivity contribution >= 4 is 21.5 Å². The topological polar surface area (TPSA) is 89.5 Å². The molecule has 1 aliphatic rings. The van der Waals surface area contributed by atoms with Gasteiger partial charge in [0.1, 0.15) is 5.65 Å². The Hall–Kier alpha value is -1.60. The minimum Gasteiger partial charge on any atom is -0.381 e. The summed E-state index contributed by atoms with van der Waals surface area (Å²) in [5, 5.41) is 0.0273. The fraction of sp³-hybridized carbons (Fsp3) is 0.462. The predicted molar refractivity (Wildman–Crippen MR) is 76.8 cm³/mol. The van der Waals surface area contributed by atoms with Gasteiger partial charge in [0.15, 0.2) is 10.8 Å². The summed E-state index contributed by atoms with van der Waals surface area (Å²) in [5.74, 6) is 0.839. The normalized spacial score (nSPS) is 15.8. The first-order chi connectivity index (χ1) is 9.58. The Bertz CT molecular complexity index is 719. The molecule has 0 radical (unpaired) electrons. The second kappa shape index (κ2) is 5.06. The number of hydrogen-bond acceptors (Lipinski definition) is 4. The Morgan fingerprint density at radius 3 is 2.95 bits per heavy atom. The third-order valence-corrected chi connectivity index (χ3v) is 5.04. The van der Waals surface area contributed by atoms with E-state index in [4.69, 9.17) is 5.73 Å². The molecule has 1 fully saturated rings. The Labute approximate surface area is 118 Å². The first kappa shape index (κ1) is 13.4. The van der Waals surface area contributed by atoms with Crippen LogP contribution in [-0.2, 0) is 10.0 Å². The number of rotatable bonds is 6. The second-order valence-corrected chi connectivity index (χ2v) is 6.90. The largest absolute Gasteiger partial charge is 0.381 e. The third-order valence-electron chi connectivity index (χ3n) is 3.54. The molecule has 1 aliphatic carbocycles. The predicted octanol–water partition coefficient (Wildman–Crippen LogP) is 1.38. The van der Waals surface area contributed by atoms with Crippen molar-refractivity contribution in [1.29, 1.82) is 0 Å². The molecule has 1 saturated carbocycles. The average molecular weight is 294 g/mol. The number of fused-ring (bicyclic) bond motifs is 1. The third kappa shape index (κ3) is 2.64. The van der Waals surface area contributed by atoms with Gasteiger partial charge in [-0.05, 0) is 30.9 Å². The van der Waals surface area contributed by atoms with E-state index in [-0.39, 0.29) is 10.8 Å². The van der Waals surface area contributed by atoms with Crippen LogP contribution in [0.25, 0.3) is 5.65 Å². The summed E-state index contributed by atoms with van der Waals surface area (Å²) in [4.78, 5) is 4.07. The van der Waals surface area contributed by atoms with Gasteiger partial charge >= 0.3 is 0 Å². The highest BCUT2D eigenvalue weighted by Crippen LogP contribution is 2.33. The van der Waals surface area contributed by atoms with Crippen LogP contribution >= 0.6 is 0 Å². The average Bonchev–Trinajstić information content (AvgIpc) is 3.15. The van der Waals surface area contributed by atoms with Gasteiger partial charge in [0.25, 0.3) is 10.0 Å². The van der Waals surface area contributed by atoms with E-state index < -0.39 is 10.0 Å². The molecule has 0 atom stereocenters. The zero-order chi connectivity index (χ0) is 14.2. The minimum absolute atomic E-state index is 0.0273. The van der Waals surface area contributed by atoms with Gasteiger partial charge in [-0.1, -0.05) is 18.9 Å². The number of nitrogen functional groups attached to an aromatic ring is 1. The van der Waals surface area contributed by atoms with Gasteiger partial charge < -0.3 is 5.73 Å². The SMILES string of the molecule is Nc1nc2ccccn2c1S(=O)(=O)NCCCC1CC1. The molecule has 0 amide bonds. The lowest BCUT2D eigenvalue weighted by Crippen LogP contribution is -2.26. The Kier molecular flexibility index (Phi) is 3.39. The molecule has 2 aromatic heterocycles. The lowest BCUT2D eigenvalue weighted by atomic mass is 10.2. The summed E-state index contributed by atoms with van der Waals surface area (Å²) in [5.41, 5.74) is 6.28. The summed E-state index contributed by atoms with van der Waals surface area (Å²) in [7, 11) is -3.63. The molecule has 2 aromatic rings. The number of nitrogens with one attached hydrogen (secondary N) is 1. The summed E-state index contributed by atoms with van der Waals surface area (Å²) in [6.07, 6.45) is 6.17. The van der Waals surface area contributed by atoms with Crippen molar-refractivity contribution in [3.63, 3.8) is 0 Å². The van der Waals surface area contributed by atoms with Crippen molar-refractivity contribution in [3.05, 3.63) is 24.4 Å². The lowest BCUT2D eigenvalue weighted by Gasteiger charge is -2.07. The molecule has 2 heterocycles. The first-order valence-corrected chi connectivity index (χ1v) is 8.28. The first-order valence-electron chi connectivity index (χ1n) is 6.80. The molecule has 0 bridgehead atoms. The number of aromatic nitrogens is 2. The van der Waals surface area contributed by atoms with E-state index in [0.29, 0.717) is 12.2 Å². The Balaban J connectivity index is 1.79. The van der Waals surface area contributed by atoms with Gasteiger partial charge in [0, 0.05) is 12.7 Å². The van der Waals surface area contributed by atoms with E-state index in [1.165, 1.54) is 17.2 Å². The van der Waals surface area contributed by atoms with Crippen LogP contribution in [0.3, 0.4) is 0 Å². The molecular formula is C13H18N4O2S. The quantitative estimate of drug-likeness (QED) is 0.788. The molecule has 108 valence electrons. The van der Waals surface area contributed by atoms with Crippen LogP contribution in [0, 0.1) is 5.92 Å². The molecule has 0 aromatic carbocycles. The van der Waals surface area contributed by atoms with Crippen LogP contribution in [0.4, 0.5) is 5.82 Å². The summed E-state index contributed by atoms with van der Waals surface area (Å²) >= 11 is 0. The van der Waals surface area contributed by atoms with Crippen LogP contribution in [0.2, 0.25) is 0 Å². The minimum atomic E-state index is -3.63. The highest BCUT2D eigenvalue weighted by atomic mass is 32.2. The summed E-state index contributed by atoms with van der Waals surface area (Å²) < 4.78 is 28.8. The van der Waals surface area contributed by atoms with E-state index in [2.05, 4.69) is 9.71 Å². The fourth-order valence-corrected chi connectivity index (χ4v) is 3.61. The van der Waals surface area contributed by atoms with Gasteiger partial charge in [0.05, 0.1) is 0 Å². The van der Waals surface area contributed by atoms with Crippen molar-refractivity contribution in [2.24, 2.45) is 5.92 Å². The number of anilines is 1.